The van der Waals surface area contributed by atoms with E-state index in [1.807, 2.05) is 0 Å². The monoisotopic (exact) mass is 888 g/mol. The second-order valence-electron chi connectivity index (χ2n) is 19.3. The number of carbonyl (C=O) groups excluding carboxylic acids is 2. The molecule has 63 heavy (non-hydrogen) atoms. The summed E-state index contributed by atoms with van der Waals surface area (Å²) in [7, 11) is 0. The van der Waals surface area contributed by atoms with E-state index in [-0.39, 0.29) is 18.5 Å². The van der Waals surface area contributed by atoms with Gasteiger partial charge in [-0.1, -0.05) is 256 Å². The van der Waals surface area contributed by atoms with Crippen molar-refractivity contribution in [1.29, 1.82) is 0 Å². The average Bonchev–Trinajstić information content (AvgIpc) is 3.28. The third kappa shape index (κ3) is 49.6. The van der Waals surface area contributed by atoms with E-state index in [9.17, 15) is 19.8 Å². The Labute approximate surface area is 392 Å². The van der Waals surface area contributed by atoms with Gasteiger partial charge in [-0.15, -0.1) is 0 Å². The molecule has 0 aromatic carbocycles. The highest BCUT2D eigenvalue weighted by atomic mass is 16.5. The van der Waals surface area contributed by atoms with Gasteiger partial charge in [-0.3, -0.25) is 9.59 Å². The van der Waals surface area contributed by atoms with Gasteiger partial charge in [0.25, 0.3) is 0 Å². The van der Waals surface area contributed by atoms with Crippen molar-refractivity contribution in [2.45, 2.75) is 315 Å². The van der Waals surface area contributed by atoms with Crippen LogP contribution in [0.25, 0.3) is 0 Å². The Morgan fingerprint density at radius 3 is 1.22 bits per heavy atom. The summed E-state index contributed by atoms with van der Waals surface area (Å²) in [4.78, 5) is 24.5. The van der Waals surface area contributed by atoms with E-state index in [0.717, 1.165) is 70.6 Å². The lowest BCUT2D eigenvalue weighted by Gasteiger charge is -2.22. The molecule has 0 rings (SSSR count). The van der Waals surface area contributed by atoms with Crippen LogP contribution in [0.15, 0.2) is 24.3 Å². The van der Waals surface area contributed by atoms with Crippen molar-refractivity contribution in [2.24, 2.45) is 0 Å². The van der Waals surface area contributed by atoms with Crippen LogP contribution in [0, 0.1) is 0 Å². The predicted molar refractivity (Wildman–Crippen MR) is 273 cm³/mol. The zero-order valence-corrected chi connectivity index (χ0v) is 42.3. The molecule has 3 N–H and O–H groups in total. The predicted octanol–water partition coefficient (Wildman–Crippen LogP) is 17.1. The summed E-state index contributed by atoms with van der Waals surface area (Å²) in [6, 6.07) is -0.560. The Morgan fingerprint density at radius 2 is 0.794 bits per heavy atom. The number of carbonyl (C=O) groups is 2. The number of nitrogens with one attached hydrogen (secondary N) is 1. The van der Waals surface area contributed by atoms with Gasteiger partial charge >= 0.3 is 5.97 Å². The van der Waals surface area contributed by atoms with Crippen molar-refractivity contribution in [3.8, 4) is 0 Å². The SMILES string of the molecule is CCCCCC/C=C\C/C=C\CCCCCCCC(=O)OCCCCCCCCCCCCC(=O)NC(CO)C(O)CCCCCCCCCCCCCCCCCCCCCC. The second kappa shape index (κ2) is 53.0. The second-order valence-corrected chi connectivity index (χ2v) is 19.3. The molecule has 0 fully saturated rings. The van der Waals surface area contributed by atoms with Gasteiger partial charge in [0.15, 0.2) is 0 Å². The smallest absolute Gasteiger partial charge is 0.305 e. The molecule has 0 aliphatic carbocycles. The molecule has 0 aliphatic rings. The van der Waals surface area contributed by atoms with Crippen molar-refractivity contribution in [2.75, 3.05) is 13.2 Å². The number of allylic oxidation sites excluding steroid dienone is 4. The van der Waals surface area contributed by atoms with Crippen molar-refractivity contribution >= 4 is 11.9 Å². The van der Waals surface area contributed by atoms with E-state index >= 15 is 0 Å². The molecule has 0 radical (unpaired) electrons. The van der Waals surface area contributed by atoms with Gasteiger partial charge in [-0.25, -0.2) is 0 Å². The van der Waals surface area contributed by atoms with Crippen molar-refractivity contribution in [3.05, 3.63) is 24.3 Å². The number of esters is 1. The van der Waals surface area contributed by atoms with E-state index in [4.69, 9.17) is 4.74 Å². The van der Waals surface area contributed by atoms with Crippen LogP contribution in [-0.2, 0) is 14.3 Å². The van der Waals surface area contributed by atoms with E-state index in [0.29, 0.717) is 25.9 Å². The molecule has 6 nitrogen and oxygen atoms in total. The van der Waals surface area contributed by atoms with Crippen LogP contribution in [0.2, 0.25) is 0 Å². The van der Waals surface area contributed by atoms with E-state index in [1.54, 1.807) is 0 Å². The molecule has 0 aromatic rings. The standard InChI is InChI=1S/C57H109NO5/c1-3-5-7-9-11-13-15-17-19-21-22-23-24-25-27-29-33-37-41-45-49-55(60)54(53-59)58-56(61)50-46-42-38-34-31-32-36-40-44-48-52-63-57(62)51-47-43-39-35-30-28-26-20-18-16-14-12-10-8-6-4-2/h14,16,20,26,54-55,59-60H,3-13,15,17-19,21-25,27-53H2,1-2H3,(H,58,61)/b16-14-,26-20-. The molecule has 6 heteroatoms. The Bertz CT molecular complexity index is 982. The lowest BCUT2D eigenvalue weighted by molar-refractivity contribution is -0.143. The van der Waals surface area contributed by atoms with Crippen molar-refractivity contribution in [3.63, 3.8) is 0 Å². The molecule has 1 amide bonds. The summed E-state index contributed by atoms with van der Waals surface area (Å²) in [6.45, 7) is 4.89. The van der Waals surface area contributed by atoms with Gasteiger partial charge in [0.2, 0.25) is 5.91 Å². The first-order valence-corrected chi connectivity index (χ1v) is 28.1. The third-order valence-corrected chi connectivity index (χ3v) is 13.0. The zero-order valence-electron chi connectivity index (χ0n) is 42.3. The lowest BCUT2D eigenvalue weighted by atomic mass is 10.0. The summed E-state index contributed by atoms with van der Waals surface area (Å²) < 4.78 is 5.46. The summed E-state index contributed by atoms with van der Waals surface area (Å²) in [5, 5.41) is 23.3. The van der Waals surface area contributed by atoms with Gasteiger partial charge in [0.1, 0.15) is 0 Å². The molecule has 2 unspecified atom stereocenters. The van der Waals surface area contributed by atoms with Crippen molar-refractivity contribution in [1.82, 2.24) is 5.32 Å². The molecule has 0 aromatic heterocycles. The molecule has 0 heterocycles. The largest absolute Gasteiger partial charge is 0.466 e. The molecule has 0 saturated carbocycles. The van der Waals surface area contributed by atoms with Crippen molar-refractivity contribution < 1.29 is 24.5 Å². The highest BCUT2D eigenvalue weighted by Crippen LogP contribution is 2.17. The van der Waals surface area contributed by atoms with Crippen LogP contribution < -0.4 is 5.32 Å². The first-order chi connectivity index (χ1) is 31.0. The number of rotatable bonds is 52. The molecule has 0 bridgehead atoms. The van der Waals surface area contributed by atoms with Gasteiger partial charge in [-0.2, -0.15) is 0 Å². The fraction of sp³-hybridized carbons (Fsp3) is 0.895. The number of amides is 1. The highest BCUT2D eigenvalue weighted by Gasteiger charge is 2.20. The summed E-state index contributed by atoms with van der Waals surface area (Å²) in [5.74, 6) is -0.0880. The average molecular weight is 889 g/mol. The summed E-state index contributed by atoms with van der Waals surface area (Å²) in [5.41, 5.74) is 0. The molecule has 0 spiro atoms. The molecular weight excluding hydrogens is 779 g/mol. The Morgan fingerprint density at radius 1 is 0.444 bits per heavy atom. The van der Waals surface area contributed by atoms with Gasteiger partial charge < -0.3 is 20.3 Å². The first-order valence-electron chi connectivity index (χ1n) is 28.1. The van der Waals surface area contributed by atoms with Crippen LogP contribution in [0.1, 0.15) is 303 Å². The maximum atomic E-state index is 12.5. The number of hydrogen-bond donors (Lipinski definition) is 3. The first kappa shape index (κ1) is 61.3. The van der Waals surface area contributed by atoms with Crippen LogP contribution in [0.5, 0.6) is 0 Å². The van der Waals surface area contributed by atoms with E-state index in [2.05, 4.69) is 43.5 Å². The normalized spacial score (nSPS) is 12.8. The summed E-state index contributed by atoms with van der Waals surface area (Å²) in [6.07, 6.45) is 63.0. The number of ether oxygens (including phenoxy) is 1. The number of aliphatic hydroxyl groups excluding tert-OH is 2. The molecule has 372 valence electrons. The fourth-order valence-electron chi connectivity index (χ4n) is 8.67. The molecular formula is C57H109NO5. The van der Waals surface area contributed by atoms with E-state index < -0.39 is 12.1 Å². The fourth-order valence-corrected chi connectivity index (χ4v) is 8.67. The molecule has 0 aliphatic heterocycles. The van der Waals surface area contributed by atoms with Crippen LogP contribution in [0.4, 0.5) is 0 Å². The minimum absolute atomic E-state index is 0.0315. The minimum Gasteiger partial charge on any atom is -0.466 e. The number of aliphatic hydroxyl groups is 2. The Kier molecular flexibility index (Phi) is 51.6. The van der Waals surface area contributed by atoms with E-state index in [1.165, 1.54) is 199 Å². The lowest BCUT2D eigenvalue weighted by Crippen LogP contribution is -2.45. The highest BCUT2D eigenvalue weighted by molar-refractivity contribution is 5.76. The zero-order chi connectivity index (χ0) is 45.8. The topological polar surface area (TPSA) is 95.9 Å². The summed E-state index contributed by atoms with van der Waals surface area (Å²) >= 11 is 0. The molecule has 2 atom stereocenters. The van der Waals surface area contributed by atoms with Crippen LogP contribution >= 0.6 is 0 Å². The third-order valence-electron chi connectivity index (χ3n) is 13.0. The maximum absolute atomic E-state index is 12.5. The quantitative estimate of drug-likeness (QED) is 0.0321. The molecule has 0 saturated heterocycles. The Hall–Kier alpha value is -1.66. The van der Waals surface area contributed by atoms with Gasteiger partial charge in [0.05, 0.1) is 25.4 Å². The van der Waals surface area contributed by atoms with Gasteiger partial charge in [-0.05, 0) is 57.8 Å². The maximum Gasteiger partial charge on any atom is 0.305 e. The Balaban J connectivity index is 3.48. The number of unbranched alkanes of at least 4 members (excludes halogenated alkanes) is 37. The minimum atomic E-state index is -0.680. The van der Waals surface area contributed by atoms with Gasteiger partial charge in [0, 0.05) is 12.8 Å². The van der Waals surface area contributed by atoms with Crippen LogP contribution in [-0.4, -0.2) is 47.4 Å². The number of hydrogen-bond acceptors (Lipinski definition) is 5. The van der Waals surface area contributed by atoms with Crippen LogP contribution in [0.3, 0.4) is 0 Å².